The molecular formula is C17H17N5O3. The van der Waals surface area contributed by atoms with Crippen LogP contribution in [0.3, 0.4) is 0 Å². The van der Waals surface area contributed by atoms with Gasteiger partial charge in [-0.15, -0.1) is 15.3 Å². The van der Waals surface area contributed by atoms with E-state index in [1.807, 2.05) is 24.3 Å². The fraction of sp³-hybridized carbons (Fsp3) is 0.176. The summed E-state index contributed by atoms with van der Waals surface area (Å²) >= 11 is 0. The standard InChI is InChI=1S/C17H17N5O3/c1-24-13-5-3-4-12(10-13)6-8-16(23)18-11-15-20-19-14-7-9-17(25-2)21-22(14)15/h3-10H,11H2,1-2H3,(H,18,23)/b8-6-. The zero-order chi connectivity index (χ0) is 17.6. The molecule has 25 heavy (non-hydrogen) atoms. The number of carbonyl (C=O) groups is 1. The number of hydrogen-bond donors (Lipinski definition) is 1. The summed E-state index contributed by atoms with van der Waals surface area (Å²) in [7, 11) is 3.13. The molecule has 0 aliphatic rings. The quantitative estimate of drug-likeness (QED) is 0.684. The number of carbonyl (C=O) groups excluding carboxylic acids is 1. The van der Waals surface area contributed by atoms with Crippen molar-refractivity contribution in [2.75, 3.05) is 14.2 Å². The van der Waals surface area contributed by atoms with Crippen molar-refractivity contribution in [1.29, 1.82) is 0 Å². The maximum Gasteiger partial charge on any atom is 0.244 e. The summed E-state index contributed by atoms with van der Waals surface area (Å²) in [6, 6.07) is 10.9. The zero-order valence-electron chi connectivity index (χ0n) is 13.8. The molecule has 0 saturated heterocycles. The number of ether oxygens (including phenoxy) is 2. The molecule has 0 radical (unpaired) electrons. The van der Waals surface area contributed by atoms with Gasteiger partial charge in [0, 0.05) is 12.1 Å². The number of nitrogens with one attached hydrogen (secondary N) is 1. The van der Waals surface area contributed by atoms with E-state index in [1.165, 1.54) is 17.7 Å². The molecule has 3 aromatic rings. The minimum absolute atomic E-state index is 0.197. The van der Waals surface area contributed by atoms with Crippen LogP contribution < -0.4 is 14.8 Å². The van der Waals surface area contributed by atoms with Crippen LogP contribution in [0.2, 0.25) is 0 Å². The third-order valence-electron chi connectivity index (χ3n) is 3.45. The smallest absolute Gasteiger partial charge is 0.244 e. The van der Waals surface area contributed by atoms with E-state index in [2.05, 4.69) is 20.6 Å². The van der Waals surface area contributed by atoms with Crippen LogP contribution in [0.5, 0.6) is 11.6 Å². The summed E-state index contributed by atoms with van der Waals surface area (Å²) in [5.74, 6) is 1.44. The number of rotatable bonds is 6. The van der Waals surface area contributed by atoms with Crippen molar-refractivity contribution < 1.29 is 14.3 Å². The van der Waals surface area contributed by atoms with E-state index in [-0.39, 0.29) is 12.5 Å². The Balaban J connectivity index is 1.65. The second-order valence-corrected chi connectivity index (χ2v) is 5.09. The second kappa shape index (κ2) is 7.43. The molecule has 2 heterocycles. The first-order chi connectivity index (χ1) is 12.2. The van der Waals surface area contributed by atoms with E-state index in [0.29, 0.717) is 17.4 Å². The summed E-state index contributed by atoms with van der Waals surface area (Å²) in [6.07, 6.45) is 3.16. The molecule has 8 heteroatoms. The fourth-order valence-electron chi connectivity index (χ4n) is 2.18. The van der Waals surface area contributed by atoms with E-state index < -0.39 is 0 Å². The lowest BCUT2D eigenvalue weighted by atomic mass is 10.2. The minimum Gasteiger partial charge on any atom is -0.497 e. The van der Waals surface area contributed by atoms with Gasteiger partial charge in [0.05, 0.1) is 20.8 Å². The molecule has 128 valence electrons. The summed E-state index contributed by atoms with van der Waals surface area (Å²) < 4.78 is 11.8. The molecule has 0 bridgehead atoms. The van der Waals surface area contributed by atoms with Crippen molar-refractivity contribution >= 4 is 17.6 Å². The Kier molecular flexibility index (Phi) is 4.89. The number of nitrogens with zero attached hydrogens (tertiary/aromatic N) is 4. The summed E-state index contributed by atoms with van der Waals surface area (Å²) in [6.45, 7) is 0.197. The topological polar surface area (TPSA) is 90.6 Å². The fourth-order valence-corrected chi connectivity index (χ4v) is 2.18. The van der Waals surface area contributed by atoms with Crippen LogP contribution >= 0.6 is 0 Å². The largest absolute Gasteiger partial charge is 0.497 e. The van der Waals surface area contributed by atoms with Crippen molar-refractivity contribution in [3.8, 4) is 11.6 Å². The molecule has 0 spiro atoms. The summed E-state index contributed by atoms with van der Waals surface area (Å²) in [5, 5.41) is 15.0. The molecule has 0 aliphatic heterocycles. The van der Waals surface area contributed by atoms with Gasteiger partial charge < -0.3 is 14.8 Å². The third-order valence-corrected chi connectivity index (χ3v) is 3.45. The van der Waals surface area contributed by atoms with Gasteiger partial charge in [0.25, 0.3) is 0 Å². The number of amides is 1. The Morgan fingerprint density at radius 3 is 2.88 bits per heavy atom. The van der Waals surface area contributed by atoms with Gasteiger partial charge in [-0.25, -0.2) is 0 Å². The lowest BCUT2D eigenvalue weighted by Gasteiger charge is -2.02. The van der Waals surface area contributed by atoms with E-state index in [4.69, 9.17) is 9.47 Å². The summed E-state index contributed by atoms with van der Waals surface area (Å²) in [5.41, 5.74) is 1.45. The van der Waals surface area contributed by atoms with Crippen LogP contribution in [0.25, 0.3) is 11.7 Å². The van der Waals surface area contributed by atoms with Gasteiger partial charge in [-0.2, -0.15) is 4.52 Å². The van der Waals surface area contributed by atoms with Gasteiger partial charge in [-0.1, -0.05) is 12.1 Å². The highest BCUT2D eigenvalue weighted by molar-refractivity contribution is 5.91. The van der Waals surface area contributed by atoms with Crippen molar-refractivity contribution in [3.63, 3.8) is 0 Å². The normalized spacial score (nSPS) is 11.0. The van der Waals surface area contributed by atoms with Crippen molar-refractivity contribution in [2.24, 2.45) is 0 Å². The number of methoxy groups -OCH3 is 2. The zero-order valence-corrected chi connectivity index (χ0v) is 13.8. The molecule has 3 rings (SSSR count). The second-order valence-electron chi connectivity index (χ2n) is 5.09. The van der Waals surface area contributed by atoms with E-state index in [9.17, 15) is 4.79 Å². The van der Waals surface area contributed by atoms with Crippen LogP contribution in [0.4, 0.5) is 0 Å². The Hall–Kier alpha value is -3.42. The molecule has 0 saturated carbocycles. The van der Waals surface area contributed by atoms with E-state index in [0.717, 1.165) is 11.3 Å². The molecule has 0 fully saturated rings. The Morgan fingerprint density at radius 1 is 1.20 bits per heavy atom. The number of fused-ring (bicyclic) bond motifs is 1. The van der Waals surface area contributed by atoms with E-state index in [1.54, 1.807) is 25.3 Å². The van der Waals surface area contributed by atoms with Crippen LogP contribution in [0.15, 0.2) is 42.5 Å². The van der Waals surface area contributed by atoms with Crippen LogP contribution in [0.1, 0.15) is 11.4 Å². The van der Waals surface area contributed by atoms with E-state index >= 15 is 0 Å². The predicted molar refractivity (Wildman–Crippen MR) is 91.2 cm³/mol. The molecule has 1 N–H and O–H groups in total. The molecule has 0 atom stereocenters. The van der Waals surface area contributed by atoms with Gasteiger partial charge in [-0.05, 0) is 29.8 Å². The van der Waals surface area contributed by atoms with Crippen LogP contribution in [0, 0.1) is 0 Å². The Morgan fingerprint density at radius 2 is 2.08 bits per heavy atom. The van der Waals surface area contributed by atoms with Gasteiger partial charge in [0.2, 0.25) is 11.8 Å². The number of aromatic nitrogens is 4. The highest BCUT2D eigenvalue weighted by Crippen LogP contribution is 2.13. The first-order valence-electron chi connectivity index (χ1n) is 7.55. The van der Waals surface area contributed by atoms with Gasteiger partial charge in [0.1, 0.15) is 5.75 Å². The third kappa shape index (κ3) is 3.92. The monoisotopic (exact) mass is 339 g/mol. The Labute approximate surface area is 144 Å². The molecule has 1 amide bonds. The summed E-state index contributed by atoms with van der Waals surface area (Å²) in [4.78, 5) is 12.0. The van der Waals surface area contributed by atoms with Crippen LogP contribution in [-0.4, -0.2) is 39.9 Å². The lowest BCUT2D eigenvalue weighted by molar-refractivity contribution is -0.116. The average molecular weight is 339 g/mol. The first-order valence-corrected chi connectivity index (χ1v) is 7.55. The highest BCUT2D eigenvalue weighted by Gasteiger charge is 2.08. The molecule has 1 aromatic carbocycles. The first kappa shape index (κ1) is 16.4. The van der Waals surface area contributed by atoms with Crippen molar-refractivity contribution in [1.82, 2.24) is 25.1 Å². The average Bonchev–Trinajstić information content (AvgIpc) is 3.07. The minimum atomic E-state index is -0.248. The number of hydrogen-bond acceptors (Lipinski definition) is 6. The van der Waals surface area contributed by atoms with Crippen molar-refractivity contribution in [3.05, 3.63) is 53.9 Å². The van der Waals surface area contributed by atoms with Gasteiger partial charge in [0.15, 0.2) is 11.5 Å². The molecular weight excluding hydrogens is 322 g/mol. The molecule has 0 aliphatic carbocycles. The predicted octanol–water partition coefficient (Wildman–Crippen LogP) is 1.47. The highest BCUT2D eigenvalue weighted by atomic mass is 16.5. The van der Waals surface area contributed by atoms with Gasteiger partial charge in [-0.3, -0.25) is 4.79 Å². The number of benzene rings is 1. The maximum atomic E-state index is 12.0. The molecule has 8 nitrogen and oxygen atoms in total. The van der Waals surface area contributed by atoms with Crippen LogP contribution in [-0.2, 0) is 11.3 Å². The Bertz CT molecular complexity index is 920. The van der Waals surface area contributed by atoms with Crippen molar-refractivity contribution in [2.45, 2.75) is 6.54 Å². The molecule has 2 aromatic heterocycles. The lowest BCUT2D eigenvalue weighted by Crippen LogP contribution is -2.22. The molecule has 0 unspecified atom stereocenters. The maximum absolute atomic E-state index is 12.0. The SMILES string of the molecule is COc1cccc(/C=C\C(=O)NCc2nnc3ccc(OC)nn23)c1. The van der Waals surface area contributed by atoms with Gasteiger partial charge >= 0.3 is 0 Å².